The van der Waals surface area contributed by atoms with Gasteiger partial charge in [0.1, 0.15) is 0 Å². The molecule has 0 aliphatic rings. The molecule has 1 aromatic carbocycles. The molecular formula is C14H21NO2. The monoisotopic (exact) mass is 235 g/mol. The number of aliphatic carboxylic acids is 1. The molecule has 0 atom stereocenters. The number of anilines is 1. The van der Waals surface area contributed by atoms with Crippen LogP contribution in [0.1, 0.15) is 30.9 Å². The zero-order valence-corrected chi connectivity index (χ0v) is 10.9. The fourth-order valence-electron chi connectivity index (χ4n) is 1.79. The standard InChI is InChI=1S/C14H21NO2/c1-4-8-15(9-7-14(16)17)13-6-5-11(2)12(3)10-13/h5-6,10H,4,7-9H2,1-3H3,(H,16,17). The molecule has 1 rings (SSSR count). The van der Waals surface area contributed by atoms with E-state index >= 15 is 0 Å². The quantitative estimate of drug-likeness (QED) is 0.824. The molecule has 0 saturated carbocycles. The molecule has 0 aliphatic carbocycles. The number of aryl methyl sites for hydroxylation is 2. The Hall–Kier alpha value is -1.51. The van der Waals surface area contributed by atoms with Crippen LogP contribution in [-0.2, 0) is 4.79 Å². The van der Waals surface area contributed by atoms with E-state index in [0.29, 0.717) is 6.54 Å². The summed E-state index contributed by atoms with van der Waals surface area (Å²) in [6.07, 6.45) is 1.21. The van der Waals surface area contributed by atoms with Gasteiger partial charge in [-0.2, -0.15) is 0 Å². The van der Waals surface area contributed by atoms with Crippen molar-refractivity contribution in [3.63, 3.8) is 0 Å². The molecule has 0 amide bonds. The summed E-state index contributed by atoms with van der Waals surface area (Å²) < 4.78 is 0. The van der Waals surface area contributed by atoms with Gasteiger partial charge in [0.15, 0.2) is 0 Å². The van der Waals surface area contributed by atoms with Gasteiger partial charge in [0.05, 0.1) is 6.42 Å². The van der Waals surface area contributed by atoms with Gasteiger partial charge in [0, 0.05) is 18.8 Å². The second kappa shape index (κ2) is 6.28. The molecular weight excluding hydrogens is 214 g/mol. The summed E-state index contributed by atoms with van der Waals surface area (Å²) in [7, 11) is 0. The van der Waals surface area contributed by atoms with Gasteiger partial charge >= 0.3 is 5.97 Å². The fourth-order valence-corrected chi connectivity index (χ4v) is 1.79. The summed E-state index contributed by atoms with van der Waals surface area (Å²) in [5.41, 5.74) is 3.64. The Bertz CT molecular complexity index is 388. The maximum atomic E-state index is 10.6. The largest absolute Gasteiger partial charge is 0.481 e. The maximum Gasteiger partial charge on any atom is 0.305 e. The Morgan fingerprint density at radius 1 is 1.24 bits per heavy atom. The van der Waals surface area contributed by atoms with E-state index in [2.05, 4.69) is 43.9 Å². The van der Waals surface area contributed by atoms with Crippen molar-refractivity contribution >= 4 is 11.7 Å². The topological polar surface area (TPSA) is 40.5 Å². The van der Waals surface area contributed by atoms with Gasteiger partial charge in [-0.3, -0.25) is 4.79 Å². The molecule has 94 valence electrons. The molecule has 0 aliphatic heterocycles. The highest BCUT2D eigenvalue weighted by atomic mass is 16.4. The van der Waals surface area contributed by atoms with Gasteiger partial charge in [-0.25, -0.2) is 0 Å². The van der Waals surface area contributed by atoms with Crippen molar-refractivity contribution in [2.75, 3.05) is 18.0 Å². The minimum absolute atomic E-state index is 0.187. The third kappa shape index (κ3) is 4.10. The molecule has 3 heteroatoms. The summed E-state index contributed by atoms with van der Waals surface area (Å²) in [6.45, 7) is 7.75. The van der Waals surface area contributed by atoms with Crippen LogP contribution in [0.2, 0.25) is 0 Å². The van der Waals surface area contributed by atoms with E-state index in [1.807, 2.05) is 0 Å². The summed E-state index contributed by atoms with van der Waals surface area (Å²) in [4.78, 5) is 12.8. The molecule has 17 heavy (non-hydrogen) atoms. The smallest absolute Gasteiger partial charge is 0.305 e. The van der Waals surface area contributed by atoms with Crippen molar-refractivity contribution in [2.24, 2.45) is 0 Å². The first-order chi connectivity index (χ1) is 8.04. The van der Waals surface area contributed by atoms with Crippen molar-refractivity contribution in [1.82, 2.24) is 0 Å². The van der Waals surface area contributed by atoms with Crippen LogP contribution in [-0.4, -0.2) is 24.2 Å². The number of hydrogen-bond acceptors (Lipinski definition) is 2. The average Bonchev–Trinajstić information content (AvgIpc) is 2.28. The molecule has 0 unspecified atom stereocenters. The lowest BCUT2D eigenvalue weighted by Crippen LogP contribution is -2.27. The first-order valence-electron chi connectivity index (χ1n) is 6.08. The normalized spacial score (nSPS) is 10.3. The highest BCUT2D eigenvalue weighted by Gasteiger charge is 2.08. The molecule has 1 N–H and O–H groups in total. The second-order valence-corrected chi connectivity index (χ2v) is 4.40. The zero-order chi connectivity index (χ0) is 12.8. The van der Waals surface area contributed by atoms with Crippen LogP contribution in [0.15, 0.2) is 18.2 Å². The Balaban J connectivity index is 2.81. The van der Waals surface area contributed by atoms with E-state index in [-0.39, 0.29) is 6.42 Å². The van der Waals surface area contributed by atoms with Crippen molar-refractivity contribution in [3.05, 3.63) is 29.3 Å². The highest BCUT2D eigenvalue weighted by Crippen LogP contribution is 2.19. The van der Waals surface area contributed by atoms with Gasteiger partial charge in [0.25, 0.3) is 0 Å². The molecule has 0 bridgehead atoms. The average molecular weight is 235 g/mol. The number of carbonyl (C=O) groups is 1. The fraction of sp³-hybridized carbons (Fsp3) is 0.500. The van der Waals surface area contributed by atoms with Gasteiger partial charge in [-0.05, 0) is 43.5 Å². The van der Waals surface area contributed by atoms with E-state index in [1.165, 1.54) is 11.1 Å². The van der Waals surface area contributed by atoms with Crippen LogP contribution in [0, 0.1) is 13.8 Å². The van der Waals surface area contributed by atoms with Crippen LogP contribution in [0.3, 0.4) is 0 Å². The third-order valence-corrected chi connectivity index (χ3v) is 2.94. The molecule has 3 nitrogen and oxygen atoms in total. The summed E-state index contributed by atoms with van der Waals surface area (Å²) in [5.74, 6) is -0.741. The highest BCUT2D eigenvalue weighted by molar-refractivity contribution is 5.67. The van der Waals surface area contributed by atoms with E-state index in [1.54, 1.807) is 0 Å². The van der Waals surface area contributed by atoms with Crippen LogP contribution >= 0.6 is 0 Å². The lowest BCUT2D eigenvalue weighted by atomic mass is 10.1. The maximum absolute atomic E-state index is 10.6. The molecule has 0 spiro atoms. The summed E-state index contributed by atoms with van der Waals surface area (Å²) in [5, 5.41) is 8.75. The number of carboxylic acids is 1. The third-order valence-electron chi connectivity index (χ3n) is 2.94. The van der Waals surface area contributed by atoms with E-state index in [0.717, 1.165) is 18.7 Å². The SMILES string of the molecule is CCCN(CCC(=O)O)c1ccc(C)c(C)c1. The lowest BCUT2D eigenvalue weighted by molar-refractivity contribution is -0.136. The molecule has 0 aromatic heterocycles. The van der Waals surface area contributed by atoms with Gasteiger partial charge < -0.3 is 10.0 Å². The van der Waals surface area contributed by atoms with Crippen molar-refractivity contribution in [3.8, 4) is 0 Å². The number of hydrogen-bond donors (Lipinski definition) is 1. The van der Waals surface area contributed by atoms with E-state index in [4.69, 9.17) is 5.11 Å². The Morgan fingerprint density at radius 3 is 2.47 bits per heavy atom. The van der Waals surface area contributed by atoms with Crippen LogP contribution in [0.4, 0.5) is 5.69 Å². The van der Waals surface area contributed by atoms with Gasteiger partial charge in [0.2, 0.25) is 0 Å². The van der Waals surface area contributed by atoms with Crippen molar-refractivity contribution in [1.29, 1.82) is 0 Å². The minimum Gasteiger partial charge on any atom is -0.481 e. The van der Waals surface area contributed by atoms with Crippen molar-refractivity contribution in [2.45, 2.75) is 33.6 Å². The molecule has 0 heterocycles. The van der Waals surface area contributed by atoms with Crippen LogP contribution in [0.5, 0.6) is 0 Å². The predicted molar refractivity (Wildman–Crippen MR) is 70.7 cm³/mol. The number of rotatable bonds is 6. The van der Waals surface area contributed by atoms with Crippen LogP contribution in [0.25, 0.3) is 0 Å². The minimum atomic E-state index is -0.741. The second-order valence-electron chi connectivity index (χ2n) is 4.40. The Kier molecular flexibility index (Phi) is 5.01. The predicted octanol–water partition coefficient (Wildman–Crippen LogP) is 2.99. The van der Waals surface area contributed by atoms with Gasteiger partial charge in [-0.1, -0.05) is 13.0 Å². The van der Waals surface area contributed by atoms with Gasteiger partial charge in [-0.15, -0.1) is 0 Å². The first kappa shape index (κ1) is 13.6. The molecule has 0 saturated heterocycles. The van der Waals surface area contributed by atoms with Crippen molar-refractivity contribution < 1.29 is 9.90 Å². The molecule has 1 aromatic rings. The Morgan fingerprint density at radius 2 is 1.94 bits per heavy atom. The molecule has 0 radical (unpaired) electrons. The zero-order valence-electron chi connectivity index (χ0n) is 10.9. The number of benzene rings is 1. The lowest BCUT2D eigenvalue weighted by Gasteiger charge is -2.24. The van der Waals surface area contributed by atoms with Crippen LogP contribution < -0.4 is 4.90 Å². The first-order valence-corrected chi connectivity index (χ1v) is 6.08. The Labute approximate surface area is 103 Å². The summed E-state index contributed by atoms with van der Waals surface area (Å²) in [6, 6.07) is 6.29. The van der Waals surface area contributed by atoms with E-state index < -0.39 is 5.97 Å². The number of nitrogens with zero attached hydrogens (tertiary/aromatic N) is 1. The summed E-state index contributed by atoms with van der Waals surface area (Å²) >= 11 is 0. The number of carboxylic acid groups (broad SMARTS) is 1. The molecule has 0 fully saturated rings. The van der Waals surface area contributed by atoms with E-state index in [9.17, 15) is 4.79 Å².